The lowest BCUT2D eigenvalue weighted by atomic mass is 10.1. The normalized spacial score (nSPS) is 11.7. The van der Waals surface area contributed by atoms with Crippen molar-refractivity contribution in [3.63, 3.8) is 0 Å². The van der Waals surface area contributed by atoms with Gasteiger partial charge in [-0.3, -0.25) is 9.10 Å². The molecule has 0 saturated heterocycles. The Labute approximate surface area is 195 Å². The number of carbonyl (C=O) groups is 1. The topological polar surface area (TPSA) is 83.8 Å². The molecule has 0 radical (unpaired) electrons. The van der Waals surface area contributed by atoms with E-state index in [1.54, 1.807) is 12.3 Å². The molecule has 1 N–H and O–H groups in total. The van der Waals surface area contributed by atoms with Crippen LogP contribution in [-0.4, -0.2) is 37.9 Å². The molecule has 3 rings (SSSR count). The number of aryl methyl sites for hydroxylation is 4. The number of sulfonamides is 1. The van der Waals surface area contributed by atoms with Gasteiger partial charge in [0, 0.05) is 22.6 Å². The Morgan fingerprint density at radius 1 is 1.03 bits per heavy atom. The Morgan fingerprint density at radius 2 is 1.73 bits per heavy atom. The molecule has 0 unspecified atom stereocenters. The highest BCUT2D eigenvalue weighted by molar-refractivity contribution is 7.92. The van der Waals surface area contributed by atoms with Crippen LogP contribution in [-0.2, 0) is 14.8 Å². The number of hydrogen-bond acceptors (Lipinski definition) is 4. The quantitative estimate of drug-likeness (QED) is 0.423. The number of rotatable bonds is 7. The third kappa shape index (κ3) is 5.51. The third-order valence-corrected chi connectivity index (χ3v) is 6.65. The number of hydrazone groups is 1. The molecular weight excluding hydrogens is 436 g/mol. The molecule has 33 heavy (non-hydrogen) atoms. The molecule has 0 atom stereocenters. The minimum absolute atomic E-state index is 0.359. The fourth-order valence-electron chi connectivity index (χ4n) is 3.91. The number of nitrogens with zero attached hydrogens (tertiary/aromatic N) is 3. The Morgan fingerprint density at radius 3 is 2.36 bits per heavy atom. The average molecular weight is 467 g/mol. The molecular formula is C25H30N4O3S. The molecule has 0 fully saturated rings. The summed E-state index contributed by atoms with van der Waals surface area (Å²) in [5.74, 6) is -0.524. The van der Waals surface area contributed by atoms with Gasteiger partial charge in [0.2, 0.25) is 10.0 Å². The molecule has 7 nitrogen and oxygen atoms in total. The van der Waals surface area contributed by atoms with Gasteiger partial charge in [0.25, 0.3) is 5.91 Å². The number of aromatic nitrogens is 1. The van der Waals surface area contributed by atoms with Crippen LogP contribution in [0.5, 0.6) is 0 Å². The molecule has 0 aliphatic rings. The maximum absolute atomic E-state index is 12.5. The maximum Gasteiger partial charge on any atom is 0.260 e. The predicted octanol–water partition coefficient (Wildman–Crippen LogP) is 3.94. The van der Waals surface area contributed by atoms with Crippen molar-refractivity contribution in [3.05, 3.63) is 82.2 Å². The maximum atomic E-state index is 12.5. The summed E-state index contributed by atoms with van der Waals surface area (Å²) in [6.45, 7) is 9.46. The van der Waals surface area contributed by atoms with Gasteiger partial charge in [-0.05, 0) is 63.9 Å². The van der Waals surface area contributed by atoms with Crippen LogP contribution in [0.2, 0.25) is 0 Å². The van der Waals surface area contributed by atoms with Crippen molar-refractivity contribution in [3.8, 4) is 5.69 Å². The van der Waals surface area contributed by atoms with Gasteiger partial charge in [0.15, 0.2) is 0 Å². The zero-order valence-electron chi connectivity index (χ0n) is 19.9. The first-order valence-electron chi connectivity index (χ1n) is 10.6. The molecule has 0 saturated carbocycles. The van der Waals surface area contributed by atoms with Crippen LogP contribution in [0.4, 0.5) is 5.69 Å². The van der Waals surface area contributed by atoms with Crippen LogP contribution in [0.1, 0.15) is 33.6 Å². The standard InChI is InChI=1S/C25H30N4O3S/c1-17-11-12-23(19(3)13-17)28(33(6,31)32)16-25(30)27-26-15-22-14-20(4)29(21(22)5)24-10-8-7-9-18(24)2/h7-15H,16H2,1-6H3,(H,27,30)/b26-15-. The van der Waals surface area contributed by atoms with Gasteiger partial charge in [-0.15, -0.1) is 0 Å². The van der Waals surface area contributed by atoms with Gasteiger partial charge >= 0.3 is 0 Å². The number of para-hydroxylation sites is 1. The highest BCUT2D eigenvalue weighted by atomic mass is 32.2. The Hall–Kier alpha value is -3.39. The van der Waals surface area contributed by atoms with Crippen LogP contribution in [0.3, 0.4) is 0 Å². The van der Waals surface area contributed by atoms with E-state index in [-0.39, 0.29) is 6.54 Å². The van der Waals surface area contributed by atoms with Crippen LogP contribution in [0.25, 0.3) is 5.69 Å². The molecule has 8 heteroatoms. The van der Waals surface area contributed by atoms with Crippen LogP contribution in [0.15, 0.2) is 53.6 Å². The summed E-state index contributed by atoms with van der Waals surface area (Å²) in [6, 6.07) is 15.5. The summed E-state index contributed by atoms with van der Waals surface area (Å²) >= 11 is 0. The summed E-state index contributed by atoms with van der Waals surface area (Å²) in [5.41, 5.74) is 9.88. The monoisotopic (exact) mass is 466 g/mol. The van der Waals surface area contributed by atoms with E-state index in [0.717, 1.165) is 49.9 Å². The van der Waals surface area contributed by atoms with E-state index in [1.165, 1.54) is 0 Å². The number of anilines is 1. The van der Waals surface area contributed by atoms with E-state index in [9.17, 15) is 13.2 Å². The van der Waals surface area contributed by atoms with Crippen molar-refractivity contribution in [2.24, 2.45) is 5.10 Å². The summed E-state index contributed by atoms with van der Waals surface area (Å²) in [6.07, 6.45) is 2.67. The van der Waals surface area contributed by atoms with E-state index in [0.29, 0.717) is 5.69 Å². The molecule has 1 heterocycles. The van der Waals surface area contributed by atoms with E-state index in [2.05, 4.69) is 34.2 Å². The molecule has 1 amide bonds. The van der Waals surface area contributed by atoms with Crippen LogP contribution in [0, 0.1) is 34.6 Å². The smallest absolute Gasteiger partial charge is 0.260 e. The number of nitrogens with one attached hydrogen (secondary N) is 1. The van der Waals surface area contributed by atoms with Gasteiger partial charge in [0.1, 0.15) is 6.54 Å². The fraction of sp³-hybridized carbons (Fsp3) is 0.280. The summed E-state index contributed by atoms with van der Waals surface area (Å²) in [4.78, 5) is 12.5. The Kier molecular flexibility index (Phi) is 7.07. The zero-order chi connectivity index (χ0) is 24.3. The largest absolute Gasteiger partial charge is 0.318 e. The minimum Gasteiger partial charge on any atom is -0.318 e. The first-order chi connectivity index (χ1) is 15.5. The first-order valence-corrected chi connectivity index (χ1v) is 12.5. The summed E-state index contributed by atoms with van der Waals surface area (Å²) in [7, 11) is -3.65. The summed E-state index contributed by atoms with van der Waals surface area (Å²) < 4.78 is 27.9. The van der Waals surface area contributed by atoms with E-state index >= 15 is 0 Å². The minimum atomic E-state index is -3.65. The molecule has 3 aromatic rings. The van der Waals surface area contributed by atoms with Gasteiger partial charge in [-0.25, -0.2) is 13.8 Å². The predicted molar refractivity (Wildman–Crippen MR) is 134 cm³/mol. The number of carbonyl (C=O) groups excluding carboxylic acids is 1. The van der Waals surface area contributed by atoms with Gasteiger partial charge in [-0.1, -0.05) is 35.9 Å². The zero-order valence-corrected chi connectivity index (χ0v) is 20.7. The van der Waals surface area contributed by atoms with Gasteiger partial charge in [0.05, 0.1) is 18.2 Å². The second kappa shape index (κ2) is 9.62. The lowest BCUT2D eigenvalue weighted by Gasteiger charge is -2.23. The van der Waals surface area contributed by atoms with Crippen molar-refractivity contribution >= 4 is 27.8 Å². The SMILES string of the molecule is Cc1ccc(N(CC(=O)N/N=C\c2cc(C)n(-c3ccccc3C)c2C)S(C)(=O)=O)c(C)c1. The average Bonchev–Trinajstić information content (AvgIpc) is 3.00. The highest BCUT2D eigenvalue weighted by Gasteiger charge is 2.22. The lowest BCUT2D eigenvalue weighted by Crippen LogP contribution is -2.39. The molecule has 0 spiro atoms. The van der Waals surface area contributed by atoms with Crippen molar-refractivity contribution in [1.29, 1.82) is 0 Å². The fourth-order valence-corrected chi connectivity index (χ4v) is 4.82. The first kappa shape index (κ1) is 24.3. The van der Waals surface area contributed by atoms with Crippen molar-refractivity contribution in [2.75, 3.05) is 17.1 Å². The molecule has 1 aromatic heterocycles. The van der Waals surface area contributed by atoms with Crippen LogP contribution < -0.4 is 9.73 Å². The van der Waals surface area contributed by atoms with Crippen LogP contribution >= 0.6 is 0 Å². The lowest BCUT2D eigenvalue weighted by molar-refractivity contribution is -0.119. The Balaban J connectivity index is 1.77. The molecule has 174 valence electrons. The molecule has 0 aliphatic heterocycles. The van der Waals surface area contributed by atoms with Crippen molar-refractivity contribution < 1.29 is 13.2 Å². The number of amides is 1. The number of benzene rings is 2. The highest BCUT2D eigenvalue weighted by Crippen LogP contribution is 2.24. The summed E-state index contributed by atoms with van der Waals surface area (Å²) in [5, 5.41) is 4.08. The van der Waals surface area contributed by atoms with Gasteiger partial charge in [-0.2, -0.15) is 5.10 Å². The molecule has 0 bridgehead atoms. The second-order valence-electron chi connectivity index (χ2n) is 8.30. The van der Waals surface area contributed by atoms with Crippen molar-refractivity contribution in [1.82, 2.24) is 9.99 Å². The van der Waals surface area contributed by atoms with Gasteiger partial charge < -0.3 is 4.57 Å². The molecule has 0 aliphatic carbocycles. The third-order valence-electron chi connectivity index (χ3n) is 5.53. The van der Waals surface area contributed by atoms with E-state index in [1.807, 2.05) is 58.0 Å². The Bertz CT molecular complexity index is 1320. The van der Waals surface area contributed by atoms with Crippen molar-refractivity contribution in [2.45, 2.75) is 34.6 Å². The second-order valence-corrected chi connectivity index (χ2v) is 10.2. The van der Waals surface area contributed by atoms with E-state index < -0.39 is 15.9 Å². The van der Waals surface area contributed by atoms with E-state index in [4.69, 9.17) is 0 Å². The number of hydrogen-bond donors (Lipinski definition) is 1. The molecule has 2 aromatic carbocycles.